The molecule has 1 aromatic rings. The molecule has 2 rings (SSSR count). The maximum Gasteiger partial charge on any atom is 0.224 e. The molecule has 0 radical (unpaired) electrons. The van der Waals surface area contributed by atoms with Crippen LogP contribution < -0.4 is 0 Å². The van der Waals surface area contributed by atoms with E-state index in [1.165, 1.54) is 0 Å². The molecular formula is C16H22N2O2. The van der Waals surface area contributed by atoms with Crippen molar-refractivity contribution in [2.75, 3.05) is 13.6 Å². The first-order chi connectivity index (χ1) is 9.58. The highest BCUT2D eigenvalue weighted by Crippen LogP contribution is 2.26. The van der Waals surface area contributed by atoms with Crippen LogP contribution in [0.2, 0.25) is 0 Å². The number of carbonyl (C=O) groups is 2. The van der Waals surface area contributed by atoms with Gasteiger partial charge in [0.25, 0.3) is 0 Å². The Morgan fingerprint density at radius 3 is 2.40 bits per heavy atom. The van der Waals surface area contributed by atoms with Gasteiger partial charge in [0.15, 0.2) is 0 Å². The maximum atomic E-state index is 12.1. The van der Waals surface area contributed by atoms with Gasteiger partial charge in [0.2, 0.25) is 11.8 Å². The lowest BCUT2D eigenvalue weighted by Crippen LogP contribution is -2.35. The van der Waals surface area contributed by atoms with Crippen LogP contribution in [0.15, 0.2) is 30.3 Å². The van der Waals surface area contributed by atoms with E-state index in [0.717, 1.165) is 18.4 Å². The fraction of sp³-hybridized carbons (Fsp3) is 0.500. The van der Waals surface area contributed by atoms with Crippen molar-refractivity contribution in [1.82, 2.24) is 9.80 Å². The van der Waals surface area contributed by atoms with Gasteiger partial charge in [-0.1, -0.05) is 30.3 Å². The number of nitrogens with zero attached hydrogens (tertiary/aromatic N) is 2. The van der Waals surface area contributed by atoms with Crippen molar-refractivity contribution in [2.24, 2.45) is 0 Å². The number of carbonyl (C=O) groups excluding carboxylic acids is 2. The summed E-state index contributed by atoms with van der Waals surface area (Å²) in [5.74, 6) is 0.159. The van der Waals surface area contributed by atoms with Gasteiger partial charge in [-0.15, -0.1) is 0 Å². The summed E-state index contributed by atoms with van der Waals surface area (Å²) < 4.78 is 0. The lowest BCUT2D eigenvalue weighted by molar-refractivity contribution is -0.133. The second kappa shape index (κ2) is 6.55. The molecule has 1 saturated carbocycles. The van der Waals surface area contributed by atoms with Gasteiger partial charge in [-0.25, -0.2) is 0 Å². The first-order valence-electron chi connectivity index (χ1n) is 7.13. The predicted molar refractivity (Wildman–Crippen MR) is 77.9 cm³/mol. The van der Waals surface area contributed by atoms with Gasteiger partial charge in [0, 0.05) is 39.5 Å². The minimum Gasteiger partial charge on any atom is -0.341 e. The van der Waals surface area contributed by atoms with Crippen LogP contribution >= 0.6 is 0 Å². The van der Waals surface area contributed by atoms with Crippen LogP contribution in [0.4, 0.5) is 0 Å². The van der Waals surface area contributed by atoms with Crippen LogP contribution in [-0.2, 0) is 16.1 Å². The Morgan fingerprint density at radius 2 is 1.85 bits per heavy atom. The number of amides is 2. The maximum absolute atomic E-state index is 12.1. The van der Waals surface area contributed by atoms with Crippen LogP contribution in [-0.4, -0.2) is 41.2 Å². The van der Waals surface area contributed by atoms with Crippen molar-refractivity contribution in [1.29, 1.82) is 0 Å². The Kier molecular flexibility index (Phi) is 4.77. The van der Waals surface area contributed by atoms with E-state index >= 15 is 0 Å². The van der Waals surface area contributed by atoms with Gasteiger partial charge < -0.3 is 9.80 Å². The van der Waals surface area contributed by atoms with E-state index in [9.17, 15) is 9.59 Å². The average molecular weight is 274 g/mol. The van der Waals surface area contributed by atoms with Gasteiger partial charge in [0.1, 0.15) is 0 Å². The van der Waals surface area contributed by atoms with Crippen molar-refractivity contribution in [3.8, 4) is 0 Å². The third-order valence-corrected chi connectivity index (χ3v) is 3.65. The Bertz CT molecular complexity index is 469. The van der Waals surface area contributed by atoms with Gasteiger partial charge in [-0.05, 0) is 18.4 Å². The minimum atomic E-state index is 0.0750. The fourth-order valence-electron chi connectivity index (χ4n) is 2.34. The fourth-order valence-corrected chi connectivity index (χ4v) is 2.34. The summed E-state index contributed by atoms with van der Waals surface area (Å²) in [5, 5.41) is 0. The topological polar surface area (TPSA) is 40.6 Å². The molecule has 0 spiro atoms. The average Bonchev–Trinajstić information content (AvgIpc) is 3.24. The molecule has 0 N–H and O–H groups in total. The van der Waals surface area contributed by atoms with E-state index in [2.05, 4.69) is 0 Å². The van der Waals surface area contributed by atoms with Crippen LogP contribution in [0.25, 0.3) is 0 Å². The second-order valence-corrected chi connectivity index (χ2v) is 5.43. The largest absolute Gasteiger partial charge is 0.341 e. The Hall–Kier alpha value is -1.84. The zero-order valence-electron chi connectivity index (χ0n) is 12.2. The Morgan fingerprint density at radius 1 is 1.20 bits per heavy atom. The molecule has 4 heteroatoms. The molecule has 1 aliphatic rings. The van der Waals surface area contributed by atoms with Crippen molar-refractivity contribution < 1.29 is 9.59 Å². The van der Waals surface area contributed by atoms with E-state index in [0.29, 0.717) is 25.6 Å². The molecule has 1 aliphatic carbocycles. The van der Waals surface area contributed by atoms with Gasteiger partial charge in [-0.3, -0.25) is 9.59 Å². The predicted octanol–water partition coefficient (Wildman–Crippen LogP) is 2.05. The first kappa shape index (κ1) is 14.6. The molecule has 1 fully saturated rings. The van der Waals surface area contributed by atoms with E-state index < -0.39 is 0 Å². The van der Waals surface area contributed by atoms with Crippen molar-refractivity contribution in [3.05, 3.63) is 35.9 Å². The summed E-state index contributed by atoms with van der Waals surface area (Å²) in [7, 11) is 1.81. The van der Waals surface area contributed by atoms with Crippen molar-refractivity contribution in [3.63, 3.8) is 0 Å². The lowest BCUT2D eigenvalue weighted by Gasteiger charge is -2.22. The summed E-state index contributed by atoms with van der Waals surface area (Å²) in [4.78, 5) is 27.2. The van der Waals surface area contributed by atoms with Crippen molar-refractivity contribution >= 4 is 11.8 Å². The van der Waals surface area contributed by atoms with Crippen LogP contribution in [0, 0.1) is 0 Å². The number of hydrogen-bond donors (Lipinski definition) is 0. The molecule has 4 nitrogen and oxygen atoms in total. The molecule has 1 aromatic carbocycles. The molecule has 0 heterocycles. The number of rotatable bonds is 6. The Balaban J connectivity index is 1.80. The third kappa shape index (κ3) is 4.08. The number of benzene rings is 1. The van der Waals surface area contributed by atoms with Crippen molar-refractivity contribution in [2.45, 2.75) is 38.8 Å². The highest BCUT2D eigenvalue weighted by Gasteiger charge is 2.30. The first-order valence-corrected chi connectivity index (χ1v) is 7.13. The van der Waals surface area contributed by atoms with Crippen LogP contribution in [0.5, 0.6) is 0 Å². The van der Waals surface area contributed by atoms with Gasteiger partial charge >= 0.3 is 0 Å². The minimum absolute atomic E-state index is 0.0750. The molecule has 0 saturated heterocycles. The molecule has 108 valence electrons. The zero-order valence-corrected chi connectivity index (χ0v) is 12.2. The highest BCUT2D eigenvalue weighted by molar-refractivity contribution is 5.78. The highest BCUT2D eigenvalue weighted by atomic mass is 16.2. The quantitative estimate of drug-likeness (QED) is 0.796. The molecule has 2 amide bonds. The standard InChI is InChI=1S/C16H22N2O2/c1-13(19)18(15-8-9-15)11-10-16(20)17(2)12-14-6-4-3-5-7-14/h3-7,15H,8-12H2,1-2H3. The number of hydrogen-bond acceptors (Lipinski definition) is 2. The van der Waals surface area contributed by atoms with Gasteiger partial charge in [0.05, 0.1) is 0 Å². The molecule has 0 aliphatic heterocycles. The molecular weight excluding hydrogens is 252 g/mol. The van der Waals surface area contributed by atoms with E-state index in [-0.39, 0.29) is 11.8 Å². The van der Waals surface area contributed by atoms with E-state index in [1.807, 2.05) is 42.3 Å². The molecule has 0 unspecified atom stereocenters. The van der Waals surface area contributed by atoms with E-state index in [1.54, 1.807) is 11.8 Å². The van der Waals surface area contributed by atoms with Gasteiger partial charge in [-0.2, -0.15) is 0 Å². The third-order valence-electron chi connectivity index (χ3n) is 3.65. The zero-order chi connectivity index (χ0) is 14.5. The summed E-state index contributed by atoms with van der Waals surface area (Å²) in [6.45, 7) is 2.73. The normalized spacial score (nSPS) is 13.9. The molecule has 20 heavy (non-hydrogen) atoms. The smallest absolute Gasteiger partial charge is 0.224 e. The second-order valence-electron chi connectivity index (χ2n) is 5.43. The summed E-state index contributed by atoms with van der Waals surface area (Å²) in [6, 6.07) is 10.3. The SMILES string of the molecule is CC(=O)N(CCC(=O)N(C)Cc1ccccc1)C1CC1. The molecule has 0 atom stereocenters. The van der Waals surface area contributed by atoms with E-state index in [4.69, 9.17) is 0 Å². The van der Waals surface area contributed by atoms with Crippen LogP contribution in [0.1, 0.15) is 31.7 Å². The molecule has 0 bridgehead atoms. The monoisotopic (exact) mass is 274 g/mol. The lowest BCUT2D eigenvalue weighted by atomic mass is 10.2. The summed E-state index contributed by atoms with van der Waals surface area (Å²) in [6.07, 6.45) is 2.56. The summed E-state index contributed by atoms with van der Waals surface area (Å²) in [5.41, 5.74) is 1.12. The summed E-state index contributed by atoms with van der Waals surface area (Å²) >= 11 is 0. The molecule has 0 aromatic heterocycles. The van der Waals surface area contributed by atoms with Crippen LogP contribution in [0.3, 0.4) is 0 Å². The Labute approximate surface area is 120 Å².